The van der Waals surface area contributed by atoms with Crippen molar-refractivity contribution in [1.29, 1.82) is 0 Å². The van der Waals surface area contributed by atoms with Gasteiger partial charge in [0.05, 0.1) is 17.9 Å². The molecule has 0 amide bonds. The Morgan fingerprint density at radius 3 is 2.12 bits per heavy atom. The largest absolute Gasteiger partial charge is 0.484 e. The lowest BCUT2D eigenvalue weighted by molar-refractivity contribution is -0.115. The summed E-state index contributed by atoms with van der Waals surface area (Å²) in [5, 5.41) is 0. The number of benzene rings is 1. The van der Waals surface area contributed by atoms with E-state index in [-0.39, 0.29) is 6.61 Å². The van der Waals surface area contributed by atoms with Crippen LogP contribution in [0.3, 0.4) is 0 Å². The minimum absolute atomic E-state index is 0.218. The van der Waals surface area contributed by atoms with Crippen molar-refractivity contribution in [3.05, 3.63) is 17.9 Å². The topological polar surface area (TPSA) is 35.5 Å². The predicted octanol–water partition coefficient (Wildman–Crippen LogP) is 4.08. The molecule has 0 saturated carbocycles. The molecular formula is C9H4Br4O3. The maximum atomic E-state index is 10.7. The Bertz CT molecular complexity index is 461. The molecule has 1 aromatic rings. The molecule has 0 radical (unpaired) electrons. The van der Waals surface area contributed by atoms with Crippen LogP contribution in [0.5, 0.6) is 11.5 Å². The van der Waals surface area contributed by atoms with E-state index in [0.717, 1.165) is 19.7 Å². The average Bonchev–Trinajstić information content (AvgIpc) is 2.33. The van der Waals surface area contributed by atoms with Gasteiger partial charge >= 0.3 is 0 Å². The van der Waals surface area contributed by atoms with E-state index < -0.39 is 6.10 Å². The molecule has 0 fully saturated rings. The van der Waals surface area contributed by atoms with Gasteiger partial charge in [-0.2, -0.15) is 0 Å². The molecule has 2 rings (SSSR count). The highest BCUT2D eigenvalue weighted by atomic mass is 79.9. The fourth-order valence-electron chi connectivity index (χ4n) is 1.24. The standard InChI is InChI=1S/C9H4Br4O3/c10-4-5(11)7(13)9-8(6(4)12)15-2-3(1-14)16-9/h1,3H,2H2. The van der Waals surface area contributed by atoms with E-state index in [2.05, 4.69) is 63.7 Å². The minimum atomic E-state index is -0.566. The lowest BCUT2D eigenvalue weighted by Gasteiger charge is -2.26. The van der Waals surface area contributed by atoms with Crippen LogP contribution in [0.25, 0.3) is 0 Å². The fraction of sp³-hybridized carbons (Fsp3) is 0.222. The molecule has 0 N–H and O–H groups in total. The van der Waals surface area contributed by atoms with Crippen LogP contribution in [0.4, 0.5) is 0 Å². The first-order valence-electron chi connectivity index (χ1n) is 4.17. The van der Waals surface area contributed by atoms with Gasteiger partial charge in [-0.05, 0) is 63.7 Å². The lowest BCUT2D eigenvalue weighted by atomic mass is 10.3. The van der Waals surface area contributed by atoms with Crippen LogP contribution in [-0.2, 0) is 4.79 Å². The second-order valence-electron chi connectivity index (χ2n) is 3.02. The number of carbonyl (C=O) groups is 1. The van der Waals surface area contributed by atoms with E-state index in [9.17, 15) is 4.79 Å². The van der Waals surface area contributed by atoms with E-state index in [1.807, 2.05) is 0 Å². The Labute approximate surface area is 125 Å². The van der Waals surface area contributed by atoms with Crippen molar-refractivity contribution in [3.63, 3.8) is 0 Å². The van der Waals surface area contributed by atoms with E-state index in [0.29, 0.717) is 16.0 Å². The normalized spacial score (nSPS) is 18.4. The van der Waals surface area contributed by atoms with Crippen LogP contribution >= 0.6 is 63.7 Å². The first-order chi connectivity index (χ1) is 7.56. The molecule has 0 aliphatic carbocycles. The number of fused-ring (bicyclic) bond motifs is 1. The van der Waals surface area contributed by atoms with Gasteiger partial charge in [-0.25, -0.2) is 0 Å². The van der Waals surface area contributed by atoms with E-state index in [1.54, 1.807) is 0 Å². The fourth-order valence-corrected chi connectivity index (χ4v) is 3.50. The monoisotopic (exact) mass is 476 g/mol. The van der Waals surface area contributed by atoms with Crippen molar-refractivity contribution in [1.82, 2.24) is 0 Å². The molecule has 1 unspecified atom stereocenters. The zero-order valence-electron chi connectivity index (χ0n) is 7.60. The summed E-state index contributed by atoms with van der Waals surface area (Å²) in [4.78, 5) is 10.7. The van der Waals surface area contributed by atoms with Gasteiger partial charge in [0.2, 0.25) is 0 Å². The number of hydrogen-bond acceptors (Lipinski definition) is 3. The molecule has 7 heteroatoms. The van der Waals surface area contributed by atoms with Gasteiger partial charge in [0, 0.05) is 0 Å². The molecule has 1 aliphatic heterocycles. The van der Waals surface area contributed by atoms with Crippen LogP contribution in [0.15, 0.2) is 17.9 Å². The van der Waals surface area contributed by atoms with Crippen LogP contribution in [0.1, 0.15) is 0 Å². The number of halogens is 4. The Balaban J connectivity index is 2.60. The van der Waals surface area contributed by atoms with Crippen molar-refractivity contribution in [2.24, 2.45) is 0 Å². The number of aldehydes is 1. The van der Waals surface area contributed by atoms with Gasteiger partial charge in [-0.15, -0.1) is 0 Å². The number of rotatable bonds is 1. The molecule has 0 saturated heterocycles. The SMILES string of the molecule is O=CC1COc2c(Br)c(Br)c(Br)c(Br)c2O1. The smallest absolute Gasteiger partial charge is 0.188 e. The third-order valence-electron chi connectivity index (χ3n) is 2.00. The van der Waals surface area contributed by atoms with Crippen molar-refractivity contribution in [2.45, 2.75) is 6.10 Å². The molecular weight excluding hydrogens is 476 g/mol. The third kappa shape index (κ3) is 2.07. The van der Waals surface area contributed by atoms with Crippen LogP contribution < -0.4 is 9.47 Å². The first kappa shape index (κ1) is 12.9. The molecule has 0 bridgehead atoms. The van der Waals surface area contributed by atoms with Gasteiger partial charge in [0.1, 0.15) is 6.61 Å². The second kappa shape index (κ2) is 4.96. The van der Waals surface area contributed by atoms with Gasteiger partial charge in [0.25, 0.3) is 0 Å². The maximum Gasteiger partial charge on any atom is 0.188 e. The summed E-state index contributed by atoms with van der Waals surface area (Å²) in [7, 11) is 0. The highest BCUT2D eigenvalue weighted by Gasteiger charge is 2.28. The molecule has 3 nitrogen and oxygen atoms in total. The van der Waals surface area contributed by atoms with Gasteiger partial charge < -0.3 is 9.47 Å². The average molecular weight is 480 g/mol. The quantitative estimate of drug-likeness (QED) is 0.346. The summed E-state index contributed by atoms with van der Waals surface area (Å²) in [5.41, 5.74) is 0. The molecule has 16 heavy (non-hydrogen) atoms. The summed E-state index contributed by atoms with van der Waals surface area (Å²) in [6.07, 6.45) is 0.156. The summed E-state index contributed by atoms with van der Waals surface area (Å²) in [6, 6.07) is 0. The molecule has 86 valence electrons. The summed E-state index contributed by atoms with van der Waals surface area (Å²) < 4.78 is 14.1. The van der Waals surface area contributed by atoms with Gasteiger partial charge in [0.15, 0.2) is 23.9 Å². The van der Waals surface area contributed by atoms with E-state index in [1.165, 1.54) is 0 Å². The Morgan fingerprint density at radius 1 is 1.00 bits per heavy atom. The van der Waals surface area contributed by atoms with Gasteiger partial charge in [-0.1, -0.05) is 0 Å². The van der Waals surface area contributed by atoms with Crippen LogP contribution in [-0.4, -0.2) is 19.0 Å². The number of ether oxygens (including phenoxy) is 2. The molecule has 1 atom stereocenters. The zero-order chi connectivity index (χ0) is 11.9. The predicted molar refractivity (Wildman–Crippen MR) is 73.2 cm³/mol. The first-order valence-corrected chi connectivity index (χ1v) is 7.34. The van der Waals surface area contributed by atoms with Crippen LogP contribution in [0, 0.1) is 0 Å². The molecule has 0 aromatic heterocycles. The molecule has 0 spiro atoms. The molecule has 1 aromatic carbocycles. The summed E-state index contributed by atoms with van der Waals surface area (Å²) in [6.45, 7) is 0.218. The Kier molecular flexibility index (Phi) is 3.98. The van der Waals surface area contributed by atoms with Crippen molar-refractivity contribution in [2.75, 3.05) is 6.61 Å². The van der Waals surface area contributed by atoms with E-state index in [4.69, 9.17) is 9.47 Å². The lowest BCUT2D eigenvalue weighted by Crippen LogP contribution is -2.30. The molecule has 1 aliphatic rings. The number of hydrogen-bond donors (Lipinski definition) is 0. The summed E-state index contributed by atoms with van der Waals surface area (Å²) in [5.74, 6) is 1.10. The van der Waals surface area contributed by atoms with Gasteiger partial charge in [-0.3, -0.25) is 4.79 Å². The maximum absolute atomic E-state index is 10.7. The molecule has 1 heterocycles. The van der Waals surface area contributed by atoms with Crippen molar-refractivity contribution in [3.8, 4) is 11.5 Å². The van der Waals surface area contributed by atoms with Crippen molar-refractivity contribution >= 4 is 70.0 Å². The number of carbonyl (C=O) groups excluding carboxylic acids is 1. The highest BCUT2D eigenvalue weighted by molar-refractivity contribution is 9.15. The third-order valence-corrected chi connectivity index (χ3v) is 6.69. The Hall–Kier alpha value is 0.410. The van der Waals surface area contributed by atoms with E-state index >= 15 is 0 Å². The summed E-state index contributed by atoms with van der Waals surface area (Å²) >= 11 is 13.6. The minimum Gasteiger partial charge on any atom is -0.484 e. The van der Waals surface area contributed by atoms with Crippen molar-refractivity contribution < 1.29 is 14.3 Å². The second-order valence-corrected chi connectivity index (χ2v) is 6.19. The highest BCUT2D eigenvalue weighted by Crippen LogP contribution is 2.51. The Morgan fingerprint density at radius 2 is 1.56 bits per heavy atom. The van der Waals surface area contributed by atoms with Crippen LogP contribution in [0.2, 0.25) is 0 Å². The zero-order valence-corrected chi connectivity index (χ0v) is 13.9.